The van der Waals surface area contributed by atoms with Gasteiger partial charge in [-0.1, -0.05) is 18.6 Å². The topological polar surface area (TPSA) is 114 Å². The van der Waals surface area contributed by atoms with E-state index in [1.165, 1.54) is 30.7 Å². The second kappa shape index (κ2) is 11.2. The molecule has 2 aromatic carbocycles. The SMILES string of the molecule is COc1ccc(S(=O)(=O)N2CCCC[C@H]2CCNC(=O)C(=O)Nc2ccccc2OC)cc1. The van der Waals surface area contributed by atoms with Crippen molar-refractivity contribution in [1.29, 1.82) is 0 Å². The number of sulfonamides is 1. The molecule has 1 aliphatic heterocycles. The summed E-state index contributed by atoms with van der Waals surface area (Å²) in [5, 5.41) is 5.11. The maximum absolute atomic E-state index is 13.2. The monoisotopic (exact) mass is 475 g/mol. The van der Waals surface area contributed by atoms with E-state index in [-0.39, 0.29) is 17.5 Å². The van der Waals surface area contributed by atoms with Gasteiger partial charge in [0, 0.05) is 19.1 Å². The van der Waals surface area contributed by atoms with Crippen LogP contribution in [0.5, 0.6) is 11.5 Å². The highest BCUT2D eigenvalue weighted by Crippen LogP contribution is 2.28. The molecule has 0 unspecified atom stereocenters. The lowest BCUT2D eigenvalue weighted by molar-refractivity contribution is -0.136. The molecule has 3 rings (SSSR count). The Morgan fingerprint density at radius 2 is 1.73 bits per heavy atom. The summed E-state index contributed by atoms with van der Waals surface area (Å²) < 4.78 is 38.1. The molecule has 2 N–H and O–H groups in total. The van der Waals surface area contributed by atoms with E-state index in [1.807, 2.05) is 0 Å². The van der Waals surface area contributed by atoms with Gasteiger partial charge in [-0.3, -0.25) is 9.59 Å². The lowest BCUT2D eigenvalue weighted by atomic mass is 10.0. The Morgan fingerprint density at radius 1 is 1.00 bits per heavy atom. The number of carbonyl (C=O) groups excluding carboxylic acids is 2. The van der Waals surface area contributed by atoms with Crippen LogP contribution in [0.2, 0.25) is 0 Å². The van der Waals surface area contributed by atoms with Gasteiger partial charge < -0.3 is 20.1 Å². The number of carbonyl (C=O) groups is 2. The number of anilines is 1. The summed E-state index contributed by atoms with van der Waals surface area (Å²) in [6.07, 6.45) is 2.78. The maximum atomic E-state index is 13.2. The number of nitrogens with one attached hydrogen (secondary N) is 2. The summed E-state index contributed by atoms with van der Waals surface area (Å²) in [5.41, 5.74) is 0.393. The van der Waals surface area contributed by atoms with Gasteiger partial charge in [-0.15, -0.1) is 0 Å². The van der Waals surface area contributed by atoms with Crippen LogP contribution in [-0.2, 0) is 19.6 Å². The number of rotatable bonds is 8. The van der Waals surface area contributed by atoms with E-state index in [2.05, 4.69) is 10.6 Å². The summed E-state index contributed by atoms with van der Waals surface area (Å²) in [6.45, 7) is 0.596. The summed E-state index contributed by atoms with van der Waals surface area (Å²) in [6, 6.07) is 12.8. The minimum Gasteiger partial charge on any atom is -0.497 e. The van der Waals surface area contributed by atoms with E-state index in [4.69, 9.17) is 9.47 Å². The first kappa shape index (κ1) is 24.5. The average Bonchev–Trinajstić information content (AvgIpc) is 2.84. The number of nitrogens with zero attached hydrogens (tertiary/aromatic N) is 1. The van der Waals surface area contributed by atoms with Crippen molar-refractivity contribution in [1.82, 2.24) is 9.62 Å². The van der Waals surface area contributed by atoms with E-state index in [9.17, 15) is 18.0 Å². The standard InChI is InChI=1S/C23H29N3O6S/c1-31-18-10-12-19(13-11-18)33(29,30)26-16-6-5-7-17(26)14-15-24-22(27)23(28)25-20-8-3-4-9-21(20)32-2/h3-4,8-13,17H,5-7,14-16H2,1-2H3,(H,24,27)(H,25,28)/t17-/m0/s1. The quantitative estimate of drug-likeness (QED) is 0.567. The van der Waals surface area contributed by atoms with E-state index in [0.717, 1.165) is 12.8 Å². The third-order valence-corrected chi connectivity index (χ3v) is 7.53. The van der Waals surface area contributed by atoms with Gasteiger partial charge in [-0.25, -0.2) is 8.42 Å². The van der Waals surface area contributed by atoms with Gasteiger partial charge in [0.1, 0.15) is 11.5 Å². The lowest BCUT2D eigenvalue weighted by Gasteiger charge is -2.34. The minimum absolute atomic E-state index is 0.178. The second-order valence-corrected chi connectivity index (χ2v) is 9.53. The van der Waals surface area contributed by atoms with Crippen molar-refractivity contribution >= 4 is 27.5 Å². The van der Waals surface area contributed by atoms with Crippen LogP contribution in [0.15, 0.2) is 53.4 Å². The molecule has 1 atom stereocenters. The molecule has 1 heterocycles. The van der Waals surface area contributed by atoms with Crippen LogP contribution in [0.25, 0.3) is 0 Å². The molecule has 10 heteroatoms. The van der Waals surface area contributed by atoms with Gasteiger partial charge in [0.25, 0.3) is 0 Å². The molecule has 0 aliphatic carbocycles. The number of para-hydroxylation sites is 2. The fraction of sp³-hybridized carbons (Fsp3) is 0.391. The first-order valence-electron chi connectivity index (χ1n) is 10.7. The zero-order valence-corrected chi connectivity index (χ0v) is 19.6. The Morgan fingerprint density at radius 3 is 2.42 bits per heavy atom. The van der Waals surface area contributed by atoms with Gasteiger partial charge in [-0.2, -0.15) is 4.31 Å². The Kier molecular flexibility index (Phi) is 8.29. The molecule has 0 aromatic heterocycles. The predicted octanol–water partition coefficient (Wildman–Crippen LogP) is 2.39. The summed E-state index contributed by atoms with van der Waals surface area (Å²) in [4.78, 5) is 24.7. The van der Waals surface area contributed by atoms with Crippen molar-refractivity contribution in [2.45, 2.75) is 36.6 Å². The highest BCUT2D eigenvalue weighted by Gasteiger charge is 2.33. The average molecular weight is 476 g/mol. The van der Waals surface area contributed by atoms with Crippen molar-refractivity contribution in [3.8, 4) is 11.5 Å². The number of ether oxygens (including phenoxy) is 2. The number of benzene rings is 2. The fourth-order valence-electron chi connectivity index (χ4n) is 3.82. The molecule has 2 amide bonds. The molecule has 178 valence electrons. The van der Waals surface area contributed by atoms with Crippen molar-refractivity contribution in [2.24, 2.45) is 0 Å². The highest BCUT2D eigenvalue weighted by atomic mass is 32.2. The number of amides is 2. The normalized spacial score (nSPS) is 16.6. The molecule has 1 aliphatic rings. The maximum Gasteiger partial charge on any atom is 0.313 e. The summed E-state index contributed by atoms with van der Waals surface area (Å²) >= 11 is 0. The third-order valence-electron chi connectivity index (χ3n) is 5.56. The largest absolute Gasteiger partial charge is 0.497 e. The van der Waals surface area contributed by atoms with Crippen LogP contribution in [0, 0.1) is 0 Å². The van der Waals surface area contributed by atoms with Crippen LogP contribution in [0.4, 0.5) is 5.69 Å². The van der Waals surface area contributed by atoms with Crippen LogP contribution >= 0.6 is 0 Å². The van der Waals surface area contributed by atoms with E-state index >= 15 is 0 Å². The van der Waals surface area contributed by atoms with Crippen LogP contribution in [-0.4, -0.2) is 57.9 Å². The van der Waals surface area contributed by atoms with Crippen molar-refractivity contribution < 1.29 is 27.5 Å². The molecule has 9 nitrogen and oxygen atoms in total. The van der Waals surface area contributed by atoms with Crippen molar-refractivity contribution in [3.05, 3.63) is 48.5 Å². The molecular formula is C23H29N3O6S. The molecule has 0 spiro atoms. The molecule has 1 fully saturated rings. The number of piperidine rings is 1. The minimum atomic E-state index is -3.68. The zero-order chi connectivity index (χ0) is 23.8. The van der Waals surface area contributed by atoms with Gasteiger partial charge >= 0.3 is 11.8 Å². The lowest BCUT2D eigenvalue weighted by Crippen LogP contribution is -2.45. The van der Waals surface area contributed by atoms with E-state index in [0.29, 0.717) is 36.6 Å². The molecule has 0 radical (unpaired) electrons. The van der Waals surface area contributed by atoms with Gasteiger partial charge in [0.15, 0.2) is 0 Å². The van der Waals surface area contributed by atoms with E-state index in [1.54, 1.807) is 36.4 Å². The van der Waals surface area contributed by atoms with Gasteiger partial charge in [0.05, 0.1) is 24.8 Å². The van der Waals surface area contributed by atoms with Gasteiger partial charge in [-0.05, 0) is 55.7 Å². The Bertz CT molecular complexity index is 1070. The Balaban J connectivity index is 1.58. The zero-order valence-electron chi connectivity index (χ0n) is 18.7. The second-order valence-electron chi connectivity index (χ2n) is 7.64. The molecule has 33 heavy (non-hydrogen) atoms. The number of methoxy groups -OCH3 is 2. The Hall–Kier alpha value is -3.11. The summed E-state index contributed by atoms with van der Waals surface area (Å²) in [5.74, 6) is -0.578. The first-order chi connectivity index (χ1) is 15.9. The molecular weight excluding hydrogens is 446 g/mol. The van der Waals surface area contributed by atoms with Crippen molar-refractivity contribution in [3.63, 3.8) is 0 Å². The first-order valence-corrected chi connectivity index (χ1v) is 12.2. The van der Waals surface area contributed by atoms with Crippen LogP contribution < -0.4 is 20.1 Å². The van der Waals surface area contributed by atoms with E-state index < -0.39 is 21.8 Å². The van der Waals surface area contributed by atoms with Crippen molar-refractivity contribution in [2.75, 3.05) is 32.6 Å². The van der Waals surface area contributed by atoms with Gasteiger partial charge in [0.2, 0.25) is 10.0 Å². The molecule has 2 aromatic rings. The van der Waals surface area contributed by atoms with Crippen LogP contribution in [0.3, 0.4) is 0 Å². The fourth-order valence-corrected chi connectivity index (χ4v) is 5.55. The number of hydrogen-bond acceptors (Lipinski definition) is 6. The highest BCUT2D eigenvalue weighted by molar-refractivity contribution is 7.89. The molecule has 0 saturated carbocycles. The summed E-state index contributed by atoms with van der Waals surface area (Å²) in [7, 11) is -0.684. The Labute approximate surface area is 194 Å². The smallest absolute Gasteiger partial charge is 0.313 e. The predicted molar refractivity (Wildman–Crippen MR) is 124 cm³/mol. The molecule has 0 bridgehead atoms. The molecule has 1 saturated heterocycles. The third kappa shape index (κ3) is 6.02. The number of hydrogen-bond donors (Lipinski definition) is 2. The van der Waals surface area contributed by atoms with Crippen LogP contribution in [0.1, 0.15) is 25.7 Å².